The third-order valence-electron chi connectivity index (χ3n) is 4.00. The first-order valence-electron chi connectivity index (χ1n) is 7.83. The number of aromatic hydroxyl groups is 2. The molecule has 0 saturated heterocycles. The van der Waals surface area contributed by atoms with E-state index in [9.17, 15) is 19.8 Å². The van der Waals surface area contributed by atoms with Gasteiger partial charge in [0.15, 0.2) is 12.1 Å². The van der Waals surface area contributed by atoms with Gasteiger partial charge in [-0.25, -0.2) is 0 Å². The second kappa shape index (κ2) is 8.29. The van der Waals surface area contributed by atoms with Crippen LogP contribution in [-0.2, 0) is 4.79 Å². The maximum atomic E-state index is 12.3. The Morgan fingerprint density at radius 2 is 1.96 bits per heavy atom. The molecule has 24 heavy (non-hydrogen) atoms. The minimum absolute atomic E-state index is 0.0373. The minimum Gasteiger partial charge on any atom is -0.508 e. The molecular formula is C20H24O4. The lowest BCUT2D eigenvalue weighted by Gasteiger charge is -2.11. The molecule has 0 aromatic heterocycles. The largest absolute Gasteiger partial charge is 0.508 e. The number of aldehydes is 1. The predicted molar refractivity (Wildman–Crippen MR) is 96.3 cm³/mol. The van der Waals surface area contributed by atoms with E-state index in [-0.39, 0.29) is 33.8 Å². The number of phenolic OH excluding ortho intramolecular Hbond substituents is 2. The van der Waals surface area contributed by atoms with Gasteiger partial charge in [-0.05, 0) is 31.9 Å². The summed E-state index contributed by atoms with van der Waals surface area (Å²) >= 11 is 0. The molecule has 128 valence electrons. The van der Waals surface area contributed by atoms with Gasteiger partial charge in [-0.1, -0.05) is 44.6 Å². The molecule has 1 aromatic carbocycles. The Morgan fingerprint density at radius 1 is 1.33 bits per heavy atom. The third-order valence-corrected chi connectivity index (χ3v) is 4.00. The highest BCUT2D eigenvalue weighted by Crippen LogP contribution is 2.35. The van der Waals surface area contributed by atoms with E-state index in [0.29, 0.717) is 12.2 Å². The Morgan fingerprint density at radius 3 is 2.50 bits per heavy atom. The normalized spacial score (nSPS) is 13.1. The van der Waals surface area contributed by atoms with Gasteiger partial charge in [0.05, 0.1) is 5.56 Å². The van der Waals surface area contributed by atoms with Crippen LogP contribution in [0.1, 0.15) is 48.7 Å². The van der Waals surface area contributed by atoms with E-state index in [4.69, 9.17) is 0 Å². The summed E-state index contributed by atoms with van der Waals surface area (Å²) in [6.07, 6.45) is 6.59. The number of ketones is 1. The first-order valence-corrected chi connectivity index (χ1v) is 7.83. The van der Waals surface area contributed by atoms with E-state index in [0.717, 1.165) is 12.0 Å². The maximum absolute atomic E-state index is 12.3. The molecule has 4 nitrogen and oxygen atoms in total. The quantitative estimate of drug-likeness (QED) is 0.443. The number of hydrogen-bond acceptors (Lipinski definition) is 4. The maximum Gasteiger partial charge on any atom is 0.185 e. The summed E-state index contributed by atoms with van der Waals surface area (Å²) in [6.45, 7) is 11.3. The van der Waals surface area contributed by atoms with Gasteiger partial charge in [0.25, 0.3) is 0 Å². The number of hydrogen-bond donors (Lipinski definition) is 2. The first-order chi connectivity index (χ1) is 11.2. The lowest BCUT2D eigenvalue weighted by Crippen LogP contribution is -2.02. The number of phenols is 2. The van der Waals surface area contributed by atoms with Crippen LogP contribution in [0, 0.1) is 12.8 Å². The molecule has 0 spiro atoms. The minimum atomic E-state index is -0.391. The molecule has 0 amide bonds. The van der Waals surface area contributed by atoms with E-state index >= 15 is 0 Å². The number of allylic oxidation sites excluding steroid dienone is 5. The van der Waals surface area contributed by atoms with Gasteiger partial charge in [-0.2, -0.15) is 0 Å². The van der Waals surface area contributed by atoms with Crippen molar-refractivity contribution in [1.82, 2.24) is 0 Å². The zero-order valence-electron chi connectivity index (χ0n) is 14.6. The van der Waals surface area contributed by atoms with Crippen LogP contribution < -0.4 is 0 Å². The van der Waals surface area contributed by atoms with Gasteiger partial charge in [0.1, 0.15) is 11.5 Å². The number of carbonyl (C=O) groups excluding carboxylic acids is 2. The van der Waals surface area contributed by atoms with E-state index < -0.39 is 5.78 Å². The zero-order valence-corrected chi connectivity index (χ0v) is 14.6. The molecule has 0 aliphatic carbocycles. The molecule has 0 aliphatic rings. The summed E-state index contributed by atoms with van der Waals surface area (Å²) in [6, 6.07) is 1.27. The second-order valence-electron chi connectivity index (χ2n) is 5.92. The molecule has 0 heterocycles. The highest BCUT2D eigenvalue weighted by atomic mass is 16.3. The molecule has 0 saturated carbocycles. The monoisotopic (exact) mass is 328 g/mol. The molecule has 0 radical (unpaired) electrons. The summed E-state index contributed by atoms with van der Waals surface area (Å²) in [5.41, 5.74) is 1.25. The molecule has 0 bridgehead atoms. The van der Waals surface area contributed by atoms with Gasteiger partial charge in [-0.3, -0.25) is 9.59 Å². The van der Waals surface area contributed by atoms with Crippen LogP contribution >= 0.6 is 0 Å². The zero-order chi connectivity index (χ0) is 18.4. The standard InChI is InChI=1S/C20H24O4/c1-6-12(2)9-13(3)7-8-18(22)14(4)16-10-19(23)15(5)20(24)17(16)11-21/h7-12,23-24H,4,6H2,1-3,5H3/b8-7+,13-9+. The molecule has 0 fully saturated rings. The molecule has 2 N–H and O–H groups in total. The van der Waals surface area contributed by atoms with Crippen molar-refractivity contribution in [2.24, 2.45) is 5.92 Å². The average Bonchev–Trinajstić information content (AvgIpc) is 2.56. The molecule has 1 rings (SSSR count). The Hall–Kier alpha value is -2.62. The molecule has 0 aliphatic heterocycles. The summed E-state index contributed by atoms with van der Waals surface area (Å²) in [5, 5.41) is 19.8. The third kappa shape index (κ3) is 4.44. The lowest BCUT2D eigenvalue weighted by atomic mass is 9.94. The molecular weight excluding hydrogens is 304 g/mol. The van der Waals surface area contributed by atoms with E-state index in [2.05, 4.69) is 26.5 Å². The number of rotatable bonds is 7. The predicted octanol–water partition coefficient (Wildman–Crippen LogP) is 4.35. The van der Waals surface area contributed by atoms with Crippen molar-refractivity contribution < 1.29 is 19.8 Å². The fraction of sp³-hybridized carbons (Fsp3) is 0.300. The van der Waals surface area contributed by atoms with Crippen molar-refractivity contribution in [1.29, 1.82) is 0 Å². The van der Waals surface area contributed by atoms with Crippen LogP contribution in [0.25, 0.3) is 5.57 Å². The fourth-order valence-electron chi connectivity index (χ4n) is 2.21. The van der Waals surface area contributed by atoms with Gasteiger partial charge in [0, 0.05) is 16.7 Å². The summed E-state index contributed by atoms with van der Waals surface area (Å²) in [7, 11) is 0. The highest BCUT2D eigenvalue weighted by Gasteiger charge is 2.18. The van der Waals surface area contributed by atoms with E-state index in [1.54, 1.807) is 6.08 Å². The van der Waals surface area contributed by atoms with Crippen LogP contribution in [0.3, 0.4) is 0 Å². The fourth-order valence-corrected chi connectivity index (χ4v) is 2.21. The summed E-state index contributed by atoms with van der Waals surface area (Å²) in [4.78, 5) is 23.5. The Kier molecular flexibility index (Phi) is 6.71. The van der Waals surface area contributed by atoms with Crippen LogP contribution in [0.4, 0.5) is 0 Å². The van der Waals surface area contributed by atoms with Crippen molar-refractivity contribution in [2.75, 3.05) is 0 Å². The SMILES string of the molecule is C=C(C(=O)/C=C/C(C)=C/C(C)CC)c1cc(O)c(C)c(O)c1C=O. The molecule has 1 atom stereocenters. The smallest absolute Gasteiger partial charge is 0.185 e. The van der Waals surface area contributed by atoms with Crippen molar-refractivity contribution in [3.05, 3.63) is 53.1 Å². The number of benzene rings is 1. The van der Waals surface area contributed by atoms with Gasteiger partial charge in [0.2, 0.25) is 0 Å². The van der Waals surface area contributed by atoms with Crippen LogP contribution in [0.15, 0.2) is 36.4 Å². The van der Waals surface area contributed by atoms with Gasteiger partial charge in [-0.15, -0.1) is 0 Å². The Bertz CT molecular complexity index is 724. The molecule has 4 heteroatoms. The van der Waals surface area contributed by atoms with E-state index in [1.807, 2.05) is 6.92 Å². The summed E-state index contributed by atoms with van der Waals surface area (Å²) < 4.78 is 0. The van der Waals surface area contributed by atoms with Crippen LogP contribution in [0.2, 0.25) is 0 Å². The molecule has 1 aromatic rings. The van der Waals surface area contributed by atoms with Gasteiger partial charge >= 0.3 is 0 Å². The van der Waals surface area contributed by atoms with Crippen molar-refractivity contribution in [3.8, 4) is 11.5 Å². The highest BCUT2D eigenvalue weighted by molar-refractivity contribution is 6.26. The Balaban J connectivity index is 3.13. The van der Waals surface area contributed by atoms with Crippen LogP contribution in [-0.4, -0.2) is 22.3 Å². The van der Waals surface area contributed by atoms with Crippen molar-refractivity contribution >= 4 is 17.6 Å². The van der Waals surface area contributed by atoms with E-state index in [1.165, 1.54) is 19.1 Å². The molecule has 1 unspecified atom stereocenters. The first kappa shape index (κ1) is 19.4. The average molecular weight is 328 g/mol. The topological polar surface area (TPSA) is 74.6 Å². The lowest BCUT2D eigenvalue weighted by molar-refractivity contribution is -0.109. The van der Waals surface area contributed by atoms with Crippen LogP contribution in [0.5, 0.6) is 11.5 Å². The second-order valence-corrected chi connectivity index (χ2v) is 5.92. The Labute approximate surface area is 142 Å². The summed E-state index contributed by atoms with van der Waals surface area (Å²) in [5.74, 6) is -0.511. The number of carbonyl (C=O) groups is 2. The van der Waals surface area contributed by atoms with Crippen molar-refractivity contribution in [2.45, 2.75) is 34.1 Å². The van der Waals surface area contributed by atoms with Gasteiger partial charge < -0.3 is 10.2 Å². The van der Waals surface area contributed by atoms with Crippen molar-refractivity contribution in [3.63, 3.8) is 0 Å².